The van der Waals surface area contributed by atoms with Gasteiger partial charge in [-0.3, -0.25) is 0 Å². The Bertz CT molecular complexity index is 694. The number of thiophene rings is 1. The minimum absolute atomic E-state index is 0.815. The van der Waals surface area contributed by atoms with Gasteiger partial charge in [0.1, 0.15) is 0 Å². The third-order valence-electron chi connectivity index (χ3n) is 5.14. The molecule has 0 N–H and O–H groups in total. The average molecular weight is 297 g/mol. The van der Waals surface area contributed by atoms with Gasteiger partial charge in [-0.1, -0.05) is 11.6 Å². The summed E-state index contributed by atoms with van der Waals surface area (Å²) >= 11 is 1.84. The number of hydrogen-bond donors (Lipinski definition) is 0. The first-order valence-corrected chi connectivity index (χ1v) is 8.93. The summed E-state index contributed by atoms with van der Waals surface area (Å²) in [6, 6.07) is 9.37. The van der Waals surface area contributed by atoms with E-state index in [9.17, 15) is 0 Å². The summed E-state index contributed by atoms with van der Waals surface area (Å²) in [6.45, 7) is 1.13. The molecule has 0 amide bonds. The standard InChI is InChI=1S/C19H23NS/c1-20(2)12-17-10-13-3-4-15(9-13)19(17)16-5-6-18-14(11-16)7-8-21-18/h5-8,11,13,15H,3-4,9-10,12H2,1-2H3/t13-,15+/m0/s1. The highest BCUT2D eigenvalue weighted by Crippen LogP contribution is 2.49. The summed E-state index contributed by atoms with van der Waals surface area (Å²) in [6.07, 6.45) is 5.59. The largest absolute Gasteiger partial charge is 0.305 e. The van der Waals surface area contributed by atoms with Crippen molar-refractivity contribution in [2.45, 2.75) is 25.7 Å². The van der Waals surface area contributed by atoms with E-state index in [4.69, 9.17) is 0 Å². The van der Waals surface area contributed by atoms with Crippen LogP contribution in [0.5, 0.6) is 0 Å². The summed E-state index contributed by atoms with van der Waals surface area (Å²) in [7, 11) is 4.40. The molecule has 2 aliphatic carbocycles. The molecule has 1 aromatic heterocycles. The molecule has 1 fully saturated rings. The van der Waals surface area contributed by atoms with Gasteiger partial charge < -0.3 is 4.90 Å². The highest BCUT2D eigenvalue weighted by molar-refractivity contribution is 7.17. The lowest BCUT2D eigenvalue weighted by Crippen LogP contribution is -2.21. The maximum atomic E-state index is 2.43. The van der Waals surface area contributed by atoms with Gasteiger partial charge in [0.05, 0.1) is 0 Å². The zero-order valence-corrected chi connectivity index (χ0v) is 13.7. The molecule has 0 radical (unpaired) electrons. The lowest BCUT2D eigenvalue weighted by atomic mass is 9.79. The lowest BCUT2D eigenvalue weighted by Gasteiger charge is -2.29. The van der Waals surface area contributed by atoms with E-state index in [1.807, 2.05) is 11.3 Å². The molecule has 2 heteroatoms. The zero-order valence-electron chi connectivity index (χ0n) is 12.9. The minimum atomic E-state index is 0.815. The second-order valence-corrected chi connectivity index (χ2v) is 7.96. The molecule has 4 rings (SSSR count). The quantitative estimate of drug-likeness (QED) is 0.767. The van der Waals surface area contributed by atoms with E-state index in [0.29, 0.717) is 0 Å². The third kappa shape index (κ3) is 2.45. The molecule has 2 aliphatic rings. The van der Waals surface area contributed by atoms with Crippen LogP contribution in [0.1, 0.15) is 31.2 Å². The van der Waals surface area contributed by atoms with E-state index < -0.39 is 0 Å². The molecule has 1 heterocycles. The number of allylic oxidation sites excluding steroid dienone is 1. The third-order valence-corrected chi connectivity index (χ3v) is 6.03. The van der Waals surface area contributed by atoms with Crippen molar-refractivity contribution < 1.29 is 0 Å². The van der Waals surface area contributed by atoms with Crippen LogP contribution in [0.4, 0.5) is 0 Å². The summed E-state index contributed by atoms with van der Waals surface area (Å²) in [5, 5.41) is 3.62. The van der Waals surface area contributed by atoms with Crippen LogP contribution in [-0.4, -0.2) is 25.5 Å². The molecule has 2 atom stereocenters. The molecule has 2 aromatic rings. The van der Waals surface area contributed by atoms with E-state index in [2.05, 4.69) is 48.6 Å². The first-order chi connectivity index (χ1) is 10.2. The predicted octanol–water partition coefficient (Wildman–Crippen LogP) is 5.04. The molecule has 0 saturated heterocycles. The van der Waals surface area contributed by atoms with E-state index in [-0.39, 0.29) is 0 Å². The van der Waals surface area contributed by atoms with Crippen molar-refractivity contribution in [2.24, 2.45) is 11.8 Å². The van der Waals surface area contributed by atoms with Crippen molar-refractivity contribution in [2.75, 3.05) is 20.6 Å². The zero-order chi connectivity index (χ0) is 14.4. The van der Waals surface area contributed by atoms with Crippen LogP contribution >= 0.6 is 11.3 Å². The van der Waals surface area contributed by atoms with E-state index in [1.54, 1.807) is 11.1 Å². The molecule has 110 valence electrons. The van der Waals surface area contributed by atoms with E-state index in [0.717, 1.165) is 18.4 Å². The summed E-state index contributed by atoms with van der Waals surface area (Å²) in [4.78, 5) is 2.34. The Hall–Kier alpha value is -1.12. The molecule has 0 spiro atoms. The van der Waals surface area contributed by atoms with Gasteiger partial charge in [-0.05, 0) is 91.7 Å². The number of nitrogens with zero attached hydrogens (tertiary/aromatic N) is 1. The van der Waals surface area contributed by atoms with Crippen LogP contribution in [-0.2, 0) is 0 Å². The molecule has 1 aromatic carbocycles. The highest BCUT2D eigenvalue weighted by Gasteiger charge is 2.35. The predicted molar refractivity (Wildman–Crippen MR) is 92.7 cm³/mol. The smallest absolute Gasteiger partial charge is 0.0343 e. The normalized spacial score (nSPS) is 25.3. The number of fused-ring (bicyclic) bond motifs is 3. The maximum Gasteiger partial charge on any atom is 0.0343 e. The van der Waals surface area contributed by atoms with Crippen molar-refractivity contribution in [3.8, 4) is 0 Å². The fraction of sp³-hybridized carbons (Fsp3) is 0.474. The maximum absolute atomic E-state index is 2.43. The molecule has 1 saturated carbocycles. The number of benzene rings is 1. The highest BCUT2D eigenvalue weighted by atomic mass is 32.1. The Morgan fingerprint density at radius 2 is 2.10 bits per heavy atom. The van der Waals surface area contributed by atoms with Gasteiger partial charge in [0.15, 0.2) is 0 Å². The van der Waals surface area contributed by atoms with Crippen molar-refractivity contribution in [3.63, 3.8) is 0 Å². The second-order valence-electron chi connectivity index (χ2n) is 7.01. The van der Waals surface area contributed by atoms with Crippen LogP contribution < -0.4 is 0 Å². The SMILES string of the molecule is CN(C)CC1=C(c2ccc3sccc3c2)[C@@H]2CC[C@H](C1)C2. The monoisotopic (exact) mass is 297 g/mol. The Balaban J connectivity index is 1.82. The number of rotatable bonds is 3. The van der Waals surface area contributed by atoms with Gasteiger partial charge in [-0.25, -0.2) is 0 Å². The van der Waals surface area contributed by atoms with Crippen molar-refractivity contribution in [1.29, 1.82) is 0 Å². The summed E-state index contributed by atoms with van der Waals surface area (Å²) < 4.78 is 1.41. The second kappa shape index (κ2) is 5.26. The van der Waals surface area contributed by atoms with Crippen molar-refractivity contribution in [1.82, 2.24) is 4.90 Å². The fourth-order valence-electron chi connectivity index (χ4n) is 4.38. The van der Waals surface area contributed by atoms with Crippen molar-refractivity contribution in [3.05, 3.63) is 40.8 Å². The first kappa shape index (κ1) is 13.5. The Morgan fingerprint density at radius 1 is 1.19 bits per heavy atom. The van der Waals surface area contributed by atoms with Crippen LogP contribution in [0.15, 0.2) is 35.2 Å². The lowest BCUT2D eigenvalue weighted by molar-refractivity contribution is 0.413. The van der Waals surface area contributed by atoms with Gasteiger partial charge in [-0.2, -0.15) is 0 Å². The molecule has 0 aliphatic heterocycles. The van der Waals surface area contributed by atoms with Crippen LogP contribution in [0.2, 0.25) is 0 Å². The van der Waals surface area contributed by atoms with E-state index >= 15 is 0 Å². The Kier molecular flexibility index (Phi) is 3.39. The average Bonchev–Trinajstić information content (AvgIpc) is 3.05. The van der Waals surface area contributed by atoms with Crippen LogP contribution in [0.3, 0.4) is 0 Å². The van der Waals surface area contributed by atoms with E-state index in [1.165, 1.54) is 41.3 Å². The molecule has 2 bridgehead atoms. The fourth-order valence-corrected chi connectivity index (χ4v) is 5.15. The molecular weight excluding hydrogens is 274 g/mol. The summed E-state index contributed by atoms with van der Waals surface area (Å²) in [5.41, 5.74) is 4.88. The Labute approximate surface area is 131 Å². The first-order valence-electron chi connectivity index (χ1n) is 8.05. The van der Waals surface area contributed by atoms with Gasteiger partial charge in [-0.15, -0.1) is 11.3 Å². The molecule has 21 heavy (non-hydrogen) atoms. The van der Waals surface area contributed by atoms with Gasteiger partial charge in [0.25, 0.3) is 0 Å². The van der Waals surface area contributed by atoms with Crippen molar-refractivity contribution >= 4 is 27.0 Å². The minimum Gasteiger partial charge on any atom is -0.305 e. The van der Waals surface area contributed by atoms with Gasteiger partial charge in [0, 0.05) is 11.2 Å². The Morgan fingerprint density at radius 3 is 2.95 bits per heavy atom. The topological polar surface area (TPSA) is 3.24 Å². The van der Waals surface area contributed by atoms with Gasteiger partial charge in [0.2, 0.25) is 0 Å². The summed E-state index contributed by atoms with van der Waals surface area (Å²) in [5.74, 6) is 1.77. The van der Waals surface area contributed by atoms with Gasteiger partial charge >= 0.3 is 0 Å². The number of hydrogen-bond acceptors (Lipinski definition) is 2. The number of likely N-dealkylation sites (N-methyl/N-ethyl adjacent to an activating group) is 1. The molecule has 1 nitrogen and oxygen atoms in total. The molecular formula is C19H23NS. The van der Waals surface area contributed by atoms with Crippen LogP contribution in [0.25, 0.3) is 15.7 Å². The molecule has 0 unspecified atom stereocenters. The van der Waals surface area contributed by atoms with Crippen LogP contribution in [0, 0.1) is 11.8 Å².